The van der Waals surface area contributed by atoms with E-state index in [1.54, 1.807) is 0 Å². The van der Waals surface area contributed by atoms with Gasteiger partial charge < -0.3 is 10.4 Å². The van der Waals surface area contributed by atoms with Gasteiger partial charge in [0.15, 0.2) is 0 Å². The lowest BCUT2D eigenvalue weighted by molar-refractivity contribution is 0.211. The summed E-state index contributed by atoms with van der Waals surface area (Å²) in [7, 11) is 0. The summed E-state index contributed by atoms with van der Waals surface area (Å²) >= 11 is 0. The molecule has 0 bridgehead atoms. The number of aliphatic hydroxyl groups is 1. The van der Waals surface area contributed by atoms with E-state index in [2.05, 4.69) is 31.3 Å². The summed E-state index contributed by atoms with van der Waals surface area (Å²) in [5.41, 5.74) is 2.31. The van der Waals surface area contributed by atoms with Crippen molar-refractivity contribution in [1.29, 1.82) is 0 Å². The van der Waals surface area contributed by atoms with Crippen molar-refractivity contribution in [2.75, 3.05) is 11.9 Å². The Bertz CT molecular complexity index is 364. The number of aryl methyl sites for hydroxylation is 1. The number of rotatable bonds is 3. The van der Waals surface area contributed by atoms with Crippen molar-refractivity contribution in [2.24, 2.45) is 5.92 Å². The van der Waals surface area contributed by atoms with Crippen LogP contribution in [0.4, 0.5) is 5.69 Å². The minimum Gasteiger partial charge on any atom is -0.394 e. The van der Waals surface area contributed by atoms with Crippen LogP contribution in [0, 0.1) is 12.8 Å². The van der Waals surface area contributed by atoms with Crippen molar-refractivity contribution in [1.82, 2.24) is 0 Å². The number of para-hydroxylation sites is 1. The van der Waals surface area contributed by atoms with Crippen molar-refractivity contribution < 1.29 is 5.11 Å². The first kappa shape index (κ1) is 11.5. The van der Waals surface area contributed by atoms with Gasteiger partial charge in [-0.2, -0.15) is 0 Å². The lowest BCUT2D eigenvalue weighted by Gasteiger charge is -2.30. The topological polar surface area (TPSA) is 32.3 Å². The van der Waals surface area contributed by atoms with Gasteiger partial charge in [0.05, 0.1) is 12.1 Å². The fourth-order valence-corrected chi connectivity index (χ4v) is 2.69. The van der Waals surface area contributed by atoms with Gasteiger partial charge in [-0.05, 0) is 43.7 Å². The van der Waals surface area contributed by atoms with Crippen molar-refractivity contribution in [3.05, 3.63) is 29.8 Å². The lowest BCUT2D eigenvalue weighted by atomic mass is 9.96. The Kier molecular flexibility index (Phi) is 3.20. The van der Waals surface area contributed by atoms with Gasteiger partial charge in [-0.15, -0.1) is 0 Å². The summed E-state index contributed by atoms with van der Waals surface area (Å²) in [6.07, 6.45) is 3.34. The molecule has 16 heavy (non-hydrogen) atoms. The molecule has 2 atom stereocenters. The third-order valence-corrected chi connectivity index (χ3v) is 3.70. The third kappa shape index (κ3) is 2.22. The zero-order chi connectivity index (χ0) is 11.6. The summed E-state index contributed by atoms with van der Waals surface area (Å²) in [6.45, 7) is 4.59. The molecule has 1 saturated carbocycles. The number of benzene rings is 1. The van der Waals surface area contributed by atoms with Crippen molar-refractivity contribution in [3.8, 4) is 0 Å². The van der Waals surface area contributed by atoms with Crippen molar-refractivity contribution in [3.63, 3.8) is 0 Å². The monoisotopic (exact) mass is 219 g/mol. The predicted molar refractivity (Wildman–Crippen MR) is 67.6 cm³/mol. The Morgan fingerprint density at radius 2 is 2.19 bits per heavy atom. The van der Waals surface area contributed by atoms with Gasteiger partial charge in [-0.1, -0.05) is 25.1 Å². The molecule has 0 amide bonds. The van der Waals surface area contributed by atoms with Crippen LogP contribution in [-0.2, 0) is 0 Å². The number of aliphatic hydroxyl groups excluding tert-OH is 1. The number of anilines is 1. The first-order valence-electron chi connectivity index (χ1n) is 6.10. The maximum Gasteiger partial charge on any atom is 0.0661 e. The van der Waals surface area contributed by atoms with Crippen LogP contribution in [0.1, 0.15) is 31.7 Å². The van der Waals surface area contributed by atoms with Gasteiger partial charge in [-0.3, -0.25) is 0 Å². The van der Waals surface area contributed by atoms with E-state index in [0.717, 1.165) is 18.5 Å². The molecule has 0 aliphatic heterocycles. The van der Waals surface area contributed by atoms with Gasteiger partial charge in [0.1, 0.15) is 0 Å². The van der Waals surface area contributed by atoms with Crippen LogP contribution in [0.5, 0.6) is 0 Å². The quantitative estimate of drug-likeness (QED) is 0.819. The summed E-state index contributed by atoms with van der Waals surface area (Å²) in [5.74, 6) is 0.712. The number of hydrogen-bond donors (Lipinski definition) is 2. The smallest absolute Gasteiger partial charge is 0.0661 e. The van der Waals surface area contributed by atoms with Crippen LogP contribution < -0.4 is 5.32 Å². The second kappa shape index (κ2) is 4.46. The van der Waals surface area contributed by atoms with Crippen LogP contribution in [0.15, 0.2) is 24.3 Å². The first-order valence-corrected chi connectivity index (χ1v) is 6.10. The molecule has 0 saturated heterocycles. The molecular formula is C14H21NO. The lowest BCUT2D eigenvalue weighted by Crippen LogP contribution is -2.39. The van der Waals surface area contributed by atoms with E-state index >= 15 is 0 Å². The molecule has 0 spiro atoms. The summed E-state index contributed by atoms with van der Waals surface area (Å²) in [5, 5.41) is 13.2. The molecule has 2 heteroatoms. The molecule has 2 unspecified atom stereocenters. The Morgan fingerprint density at radius 1 is 1.44 bits per heavy atom. The molecule has 2 N–H and O–H groups in total. The molecule has 1 aromatic carbocycles. The third-order valence-electron chi connectivity index (χ3n) is 3.70. The van der Waals surface area contributed by atoms with Crippen molar-refractivity contribution in [2.45, 2.75) is 38.6 Å². The number of hydrogen-bond acceptors (Lipinski definition) is 2. The molecule has 1 aliphatic rings. The van der Waals surface area contributed by atoms with Gasteiger partial charge >= 0.3 is 0 Å². The molecule has 2 rings (SSSR count). The maximum atomic E-state index is 9.62. The van der Waals surface area contributed by atoms with Crippen LogP contribution in [0.25, 0.3) is 0 Å². The van der Waals surface area contributed by atoms with Crippen LogP contribution in [0.3, 0.4) is 0 Å². The summed E-state index contributed by atoms with van der Waals surface area (Å²) < 4.78 is 0. The molecule has 2 nitrogen and oxygen atoms in total. The minimum absolute atomic E-state index is 0.0917. The molecule has 0 radical (unpaired) electrons. The van der Waals surface area contributed by atoms with Crippen LogP contribution in [0.2, 0.25) is 0 Å². The van der Waals surface area contributed by atoms with E-state index in [4.69, 9.17) is 0 Å². The van der Waals surface area contributed by atoms with E-state index < -0.39 is 0 Å². The van der Waals surface area contributed by atoms with Crippen LogP contribution >= 0.6 is 0 Å². The summed E-state index contributed by atoms with van der Waals surface area (Å²) in [4.78, 5) is 0. The zero-order valence-electron chi connectivity index (χ0n) is 10.2. The Hall–Kier alpha value is -1.02. The number of nitrogens with one attached hydrogen (secondary N) is 1. The molecule has 1 aromatic rings. The van der Waals surface area contributed by atoms with E-state index in [1.165, 1.54) is 12.0 Å². The van der Waals surface area contributed by atoms with E-state index in [-0.39, 0.29) is 12.1 Å². The highest BCUT2D eigenvalue weighted by Crippen LogP contribution is 2.37. The largest absolute Gasteiger partial charge is 0.394 e. The molecule has 0 aromatic heterocycles. The highest BCUT2D eigenvalue weighted by molar-refractivity contribution is 5.52. The highest BCUT2D eigenvalue weighted by atomic mass is 16.3. The van der Waals surface area contributed by atoms with Crippen molar-refractivity contribution >= 4 is 5.69 Å². The van der Waals surface area contributed by atoms with Gasteiger partial charge in [0.25, 0.3) is 0 Å². The standard InChI is InChI=1S/C14H21NO/c1-11-7-8-14(9-11,10-16)15-13-6-4-3-5-12(13)2/h3-6,11,15-16H,7-10H2,1-2H3. The SMILES string of the molecule is Cc1ccccc1NC1(CO)CCC(C)C1. The highest BCUT2D eigenvalue weighted by Gasteiger charge is 2.36. The van der Waals surface area contributed by atoms with Crippen LogP contribution in [-0.4, -0.2) is 17.3 Å². The molecule has 1 aliphatic carbocycles. The normalized spacial score (nSPS) is 29.3. The van der Waals surface area contributed by atoms with E-state index in [0.29, 0.717) is 5.92 Å². The average Bonchev–Trinajstić information content (AvgIpc) is 2.65. The first-order chi connectivity index (χ1) is 7.65. The fourth-order valence-electron chi connectivity index (χ4n) is 2.69. The summed E-state index contributed by atoms with van der Waals surface area (Å²) in [6, 6.07) is 8.28. The predicted octanol–water partition coefficient (Wildman–Crippen LogP) is 2.96. The Labute approximate surface area is 97.7 Å². The van der Waals surface area contributed by atoms with Gasteiger partial charge in [-0.25, -0.2) is 0 Å². The Balaban J connectivity index is 2.16. The fraction of sp³-hybridized carbons (Fsp3) is 0.571. The second-order valence-corrected chi connectivity index (χ2v) is 5.23. The van der Waals surface area contributed by atoms with E-state index in [9.17, 15) is 5.11 Å². The molecule has 1 fully saturated rings. The maximum absolute atomic E-state index is 9.62. The second-order valence-electron chi connectivity index (χ2n) is 5.23. The molecule has 0 heterocycles. The average molecular weight is 219 g/mol. The molecular weight excluding hydrogens is 198 g/mol. The zero-order valence-corrected chi connectivity index (χ0v) is 10.2. The Morgan fingerprint density at radius 3 is 2.75 bits per heavy atom. The van der Waals surface area contributed by atoms with E-state index in [1.807, 2.05) is 12.1 Å². The van der Waals surface area contributed by atoms with Gasteiger partial charge in [0.2, 0.25) is 0 Å². The minimum atomic E-state index is -0.0917. The van der Waals surface area contributed by atoms with Gasteiger partial charge in [0, 0.05) is 5.69 Å². The molecule has 88 valence electrons.